The zero-order valence-corrected chi connectivity index (χ0v) is 14.4. The smallest absolute Gasteiger partial charge is 0.0540 e. The number of hydrogen-bond acceptors (Lipinski definition) is 1. The van der Waals surface area contributed by atoms with Crippen molar-refractivity contribution in [3.8, 4) is 0 Å². The van der Waals surface area contributed by atoms with E-state index >= 15 is 0 Å². The molecule has 0 aromatic rings. The Morgan fingerprint density at radius 3 is 2.00 bits per heavy atom. The molecular formula is C19H38O. The summed E-state index contributed by atoms with van der Waals surface area (Å²) < 4.78 is 0. The molecule has 1 heteroatoms. The number of aliphatic hydroxyl groups is 1. The number of rotatable bonds is 9. The highest BCUT2D eigenvalue weighted by Crippen LogP contribution is 2.34. The Morgan fingerprint density at radius 2 is 1.45 bits per heavy atom. The van der Waals surface area contributed by atoms with Crippen LogP contribution in [-0.4, -0.2) is 11.2 Å². The molecule has 0 aliphatic heterocycles. The van der Waals surface area contributed by atoms with Crippen molar-refractivity contribution >= 4 is 0 Å². The van der Waals surface area contributed by atoms with Crippen molar-refractivity contribution < 1.29 is 5.11 Å². The van der Waals surface area contributed by atoms with Gasteiger partial charge in [-0.1, -0.05) is 72.1 Å². The summed E-state index contributed by atoms with van der Waals surface area (Å²) in [6, 6.07) is 0. The van der Waals surface area contributed by atoms with Gasteiger partial charge >= 0.3 is 0 Å². The molecule has 1 aliphatic carbocycles. The fourth-order valence-electron chi connectivity index (χ4n) is 3.73. The molecule has 0 saturated heterocycles. The Kier molecular flexibility index (Phi) is 8.84. The highest BCUT2D eigenvalue weighted by atomic mass is 16.3. The van der Waals surface area contributed by atoms with E-state index in [1.807, 2.05) is 6.92 Å². The van der Waals surface area contributed by atoms with Crippen LogP contribution in [0.2, 0.25) is 0 Å². The predicted molar refractivity (Wildman–Crippen MR) is 88.8 cm³/mol. The van der Waals surface area contributed by atoms with E-state index in [4.69, 9.17) is 0 Å². The van der Waals surface area contributed by atoms with Gasteiger partial charge in [0, 0.05) is 0 Å². The topological polar surface area (TPSA) is 20.2 Å². The molecule has 1 nitrogen and oxygen atoms in total. The van der Waals surface area contributed by atoms with Crippen molar-refractivity contribution in [1.82, 2.24) is 0 Å². The second-order valence-electron chi connectivity index (χ2n) is 7.88. The molecule has 120 valence electrons. The van der Waals surface area contributed by atoms with E-state index in [1.165, 1.54) is 64.2 Å². The van der Waals surface area contributed by atoms with Gasteiger partial charge in [0.1, 0.15) is 0 Å². The van der Waals surface area contributed by atoms with Gasteiger partial charge in [0.05, 0.1) is 6.10 Å². The summed E-state index contributed by atoms with van der Waals surface area (Å²) in [5.41, 5.74) is 0. The number of aliphatic hydroxyl groups excluding tert-OH is 1. The average Bonchev–Trinajstić information content (AvgIpc) is 2.39. The second kappa shape index (κ2) is 9.82. The maximum Gasteiger partial charge on any atom is 0.0540 e. The molecule has 0 spiro atoms. The quantitative estimate of drug-likeness (QED) is 0.566. The summed E-state index contributed by atoms with van der Waals surface area (Å²) in [4.78, 5) is 0. The first-order valence-corrected chi connectivity index (χ1v) is 9.17. The van der Waals surface area contributed by atoms with E-state index in [0.717, 1.165) is 17.8 Å². The van der Waals surface area contributed by atoms with Crippen molar-refractivity contribution in [3.63, 3.8) is 0 Å². The Bertz CT molecular complexity index is 226. The first-order valence-electron chi connectivity index (χ1n) is 9.17. The Labute approximate surface area is 127 Å². The maximum absolute atomic E-state index is 9.63. The molecule has 0 bridgehead atoms. The van der Waals surface area contributed by atoms with E-state index in [-0.39, 0.29) is 6.10 Å². The molecule has 0 aromatic carbocycles. The summed E-state index contributed by atoms with van der Waals surface area (Å²) in [7, 11) is 0. The average molecular weight is 283 g/mol. The molecule has 0 amide bonds. The lowest BCUT2D eigenvalue weighted by Crippen LogP contribution is -2.23. The third kappa shape index (κ3) is 7.67. The molecular weight excluding hydrogens is 244 g/mol. The van der Waals surface area contributed by atoms with Crippen LogP contribution in [0, 0.1) is 23.7 Å². The Hall–Kier alpha value is -0.0400. The van der Waals surface area contributed by atoms with Crippen LogP contribution in [-0.2, 0) is 0 Å². The lowest BCUT2D eigenvalue weighted by atomic mass is 9.77. The highest BCUT2D eigenvalue weighted by molar-refractivity contribution is 4.75. The van der Waals surface area contributed by atoms with Crippen LogP contribution in [0.1, 0.15) is 91.9 Å². The van der Waals surface area contributed by atoms with Crippen molar-refractivity contribution in [2.45, 2.75) is 98.0 Å². The summed E-state index contributed by atoms with van der Waals surface area (Å²) in [6.07, 6.45) is 13.7. The molecule has 1 fully saturated rings. The fraction of sp³-hybridized carbons (Fsp3) is 1.00. The van der Waals surface area contributed by atoms with Crippen LogP contribution in [0.15, 0.2) is 0 Å². The molecule has 20 heavy (non-hydrogen) atoms. The minimum atomic E-state index is -0.0862. The highest BCUT2D eigenvalue weighted by Gasteiger charge is 2.23. The van der Waals surface area contributed by atoms with Gasteiger partial charge in [-0.2, -0.15) is 0 Å². The number of hydrogen-bond donors (Lipinski definition) is 1. The third-order valence-corrected chi connectivity index (χ3v) is 5.36. The van der Waals surface area contributed by atoms with Gasteiger partial charge in [0.15, 0.2) is 0 Å². The Morgan fingerprint density at radius 1 is 0.850 bits per heavy atom. The van der Waals surface area contributed by atoms with E-state index < -0.39 is 0 Å². The normalized spacial score (nSPS) is 26.7. The molecule has 1 N–H and O–H groups in total. The summed E-state index contributed by atoms with van der Waals surface area (Å²) in [6.45, 7) is 9.05. The zero-order chi connectivity index (χ0) is 15.0. The van der Waals surface area contributed by atoms with E-state index in [2.05, 4.69) is 20.8 Å². The first-order chi connectivity index (χ1) is 9.49. The molecule has 0 heterocycles. The zero-order valence-electron chi connectivity index (χ0n) is 14.4. The Balaban J connectivity index is 2.01. The summed E-state index contributed by atoms with van der Waals surface area (Å²) >= 11 is 0. The molecule has 1 saturated carbocycles. The first kappa shape index (κ1) is 18.0. The maximum atomic E-state index is 9.63. The molecule has 1 rings (SSSR count). The lowest BCUT2D eigenvalue weighted by Gasteiger charge is -2.30. The second-order valence-corrected chi connectivity index (χ2v) is 7.88. The van der Waals surface area contributed by atoms with Crippen molar-refractivity contribution in [1.29, 1.82) is 0 Å². The van der Waals surface area contributed by atoms with Crippen molar-refractivity contribution in [3.05, 3.63) is 0 Å². The molecule has 2 atom stereocenters. The lowest BCUT2D eigenvalue weighted by molar-refractivity contribution is 0.0867. The van der Waals surface area contributed by atoms with Crippen LogP contribution in [0.3, 0.4) is 0 Å². The molecule has 0 radical (unpaired) electrons. The SMILES string of the molecule is CC(C)CCCC(C)CCCC1CCC(C(C)O)CC1. The van der Waals surface area contributed by atoms with Gasteiger partial charge in [-0.3, -0.25) is 0 Å². The van der Waals surface area contributed by atoms with E-state index in [0.29, 0.717) is 5.92 Å². The van der Waals surface area contributed by atoms with Gasteiger partial charge in [0.25, 0.3) is 0 Å². The van der Waals surface area contributed by atoms with E-state index in [9.17, 15) is 5.11 Å². The van der Waals surface area contributed by atoms with Crippen molar-refractivity contribution in [2.24, 2.45) is 23.7 Å². The van der Waals surface area contributed by atoms with Gasteiger partial charge < -0.3 is 5.11 Å². The fourth-order valence-corrected chi connectivity index (χ4v) is 3.73. The van der Waals surface area contributed by atoms with Gasteiger partial charge in [-0.05, 0) is 43.4 Å². The van der Waals surface area contributed by atoms with Crippen LogP contribution < -0.4 is 0 Å². The minimum absolute atomic E-state index is 0.0862. The summed E-state index contributed by atoms with van der Waals surface area (Å²) in [5.74, 6) is 3.32. The molecule has 1 aliphatic rings. The van der Waals surface area contributed by atoms with Crippen LogP contribution in [0.25, 0.3) is 0 Å². The minimum Gasteiger partial charge on any atom is -0.393 e. The summed E-state index contributed by atoms with van der Waals surface area (Å²) in [5, 5.41) is 9.63. The van der Waals surface area contributed by atoms with Gasteiger partial charge in [-0.15, -0.1) is 0 Å². The van der Waals surface area contributed by atoms with E-state index in [1.54, 1.807) is 0 Å². The van der Waals surface area contributed by atoms with Gasteiger partial charge in [0.2, 0.25) is 0 Å². The molecule has 0 aromatic heterocycles. The largest absolute Gasteiger partial charge is 0.393 e. The van der Waals surface area contributed by atoms with Crippen molar-refractivity contribution in [2.75, 3.05) is 0 Å². The van der Waals surface area contributed by atoms with Crippen LogP contribution in [0.5, 0.6) is 0 Å². The predicted octanol–water partition coefficient (Wildman–Crippen LogP) is 5.81. The van der Waals surface area contributed by atoms with Gasteiger partial charge in [-0.25, -0.2) is 0 Å². The van der Waals surface area contributed by atoms with Crippen LogP contribution >= 0.6 is 0 Å². The van der Waals surface area contributed by atoms with Crippen LogP contribution in [0.4, 0.5) is 0 Å². The monoisotopic (exact) mass is 282 g/mol. The third-order valence-electron chi connectivity index (χ3n) is 5.36. The standard InChI is InChI=1S/C19H38O/c1-15(2)7-5-8-16(3)9-6-10-18-11-13-19(14-12-18)17(4)20/h15-20H,5-14H2,1-4H3. The molecule has 2 unspecified atom stereocenters.